The third-order valence-corrected chi connectivity index (χ3v) is 8.61. The van der Waals surface area contributed by atoms with Crippen molar-refractivity contribution >= 4 is 38.3 Å². The molecule has 2 aromatic rings. The summed E-state index contributed by atoms with van der Waals surface area (Å²) in [4.78, 5) is 61.4. The van der Waals surface area contributed by atoms with Gasteiger partial charge in [0, 0.05) is 30.2 Å². The molecule has 16 heteroatoms. The minimum absolute atomic E-state index is 0.000153. The monoisotopic (exact) mass is 736 g/mol. The molecule has 0 saturated carbocycles. The zero-order valence-corrected chi connectivity index (χ0v) is 31.1. The number of ketones is 2. The first-order valence-electron chi connectivity index (χ1n) is 16.1. The molecule has 1 atom stereocenters. The van der Waals surface area contributed by atoms with Crippen molar-refractivity contribution in [1.82, 2.24) is 0 Å². The minimum Gasteiger partial charge on any atom is -0.490 e. The number of methoxy groups -OCH3 is 1. The Morgan fingerprint density at radius 1 is 0.569 bits per heavy atom. The molecule has 282 valence electrons. The van der Waals surface area contributed by atoms with E-state index in [1.54, 1.807) is 36.4 Å². The Bertz CT molecular complexity index is 1330. The zero-order valence-electron chi connectivity index (χ0n) is 30.1. The molecule has 0 aromatic heterocycles. The van der Waals surface area contributed by atoms with Crippen molar-refractivity contribution in [3.63, 3.8) is 0 Å². The third kappa shape index (κ3) is 16.6. The maximum absolute atomic E-state index is 12.4. The van der Waals surface area contributed by atoms with E-state index < -0.39 is 63.3 Å². The largest absolute Gasteiger partial charge is 0.499 e. The minimum atomic E-state index is -3.81. The van der Waals surface area contributed by atoms with Gasteiger partial charge in [-0.3, -0.25) is 9.59 Å². The molecule has 0 amide bonds. The Labute approximate surface area is 298 Å². The van der Waals surface area contributed by atoms with Crippen LogP contribution in [0.5, 0.6) is 11.5 Å². The zero-order chi connectivity index (χ0) is 38.1. The highest BCUT2D eigenvalue weighted by molar-refractivity contribution is 6.59. The average Bonchev–Trinajstić information content (AvgIpc) is 3.08. The van der Waals surface area contributed by atoms with E-state index in [1.807, 2.05) is 20.8 Å². The normalized spacial score (nSPS) is 12.7. The quantitative estimate of drug-likeness (QED) is 0.0575. The summed E-state index contributed by atoms with van der Waals surface area (Å²) in [6.45, 7) is 7.76. The second kappa shape index (κ2) is 20.6. The predicted octanol–water partition coefficient (Wildman–Crippen LogP) is 3.22. The van der Waals surface area contributed by atoms with E-state index >= 15 is 0 Å². The van der Waals surface area contributed by atoms with Crippen molar-refractivity contribution in [2.45, 2.75) is 46.8 Å². The molecule has 0 bridgehead atoms. The van der Waals surface area contributed by atoms with Crippen LogP contribution >= 0.6 is 0 Å². The average molecular weight is 737 g/mol. The number of Topliss-reactive ketones (excluding diaryl/α,β-unsaturated/α-hetero) is 2. The molecule has 2 aromatic carbocycles. The van der Waals surface area contributed by atoms with Gasteiger partial charge in [-0.05, 0) is 62.4 Å². The van der Waals surface area contributed by atoms with Crippen molar-refractivity contribution in [2.75, 3.05) is 66.6 Å². The summed E-state index contributed by atoms with van der Waals surface area (Å²) in [6.07, 6.45) is 0. The Morgan fingerprint density at radius 3 is 1.25 bits per heavy atom. The van der Waals surface area contributed by atoms with Gasteiger partial charge in [0.1, 0.15) is 70.0 Å². The number of esters is 3. The number of hydrogen-bond acceptors (Lipinski definition) is 15. The number of carbonyl (C=O) groups is 5. The van der Waals surface area contributed by atoms with Crippen LogP contribution in [0.25, 0.3) is 0 Å². The molecular formula is C35H48O15Si. The van der Waals surface area contributed by atoms with Crippen molar-refractivity contribution in [1.29, 1.82) is 0 Å². The number of rotatable bonds is 23. The molecule has 0 aliphatic rings. The molecule has 0 radical (unpaired) electrons. The Kier molecular flexibility index (Phi) is 17.4. The summed E-state index contributed by atoms with van der Waals surface area (Å²) < 4.78 is 47.8. The number of aliphatic hydroxyl groups is 1. The van der Waals surface area contributed by atoms with Gasteiger partial charge in [0.2, 0.25) is 0 Å². The summed E-state index contributed by atoms with van der Waals surface area (Å²) in [5, 5.41) is 9.87. The lowest BCUT2D eigenvalue weighted by atomic mass is 9.86. The molecule has 0 aliphatic carbocycles. The third-order valence-electron chi connectivity index (χ3n) is 6.61. The smallest absolute Gasteiger partial charge is 0.490 e. The first kappa shape index (κ1) is 43.0. The Hall–Kier alpha value is -4.19. The van der Waals surface area contributed by atoms with Gasteiger partial charge in [0.15, 0.2) is 11.6 Å². The van der Waals surface area contributed by atoms with Crippen LogP contribution in [0.2, 0.25) is 6.55 Å². The van der Waals surface area contributed by atoms with Gasteiger partial charge in [-0.25, -0.2) is 14.4 Å². The highest BCUT2D eigenvalue weighted by Crippen LogP contribution is 2.22. The van der Waals surface area contributed by atoms with Crippen LogP contribution in [0, 0.1) is 5.41 Å². The standard InChI is InChI=1S/C35H48O15Si/c1-34(2,3)32(39)25-8-12-27(13-9-25)43-18-20-46-30(37)23-49-51(7,48-22-29(36)45-17-16-42-6)50-24-31(38)47-21-19-44-28-14-10-26(11-15-28)33(40)35(4,5)41/h8-15,41H,16-24H2,1-7H3. The molecule has 1 unspecified atom stereocenters. The van der Waals surface area contributed by atoms with Gasteiger partial charge < -0.3 is 46.8 Å². The van der Waals surface area contributed by atoms with E-state index in [-0.39, 0.29) is 45.4 Å². The SMILES string of the molecule is COCCOC(=O)CO[Si](C)(OCC(=O)OCCOc1ccc(C(=O)C(C)(C)C)cc1)OCC(=O)OCCOc1ccc(C(=O)C(C)(C)O)cc1. The summed E-state index contributed by atoms with van der Waals surface area (Å²) in [7, 11) is -2.37. The predicted molar refractivity (Wildman–Crippen MR) is 183 cm³/mol. The van der Waals surface area contributed by atoms with Crippen molar-refractivity contribution in [2.24, 2.45) is 5.41 Å². The maximum Gasteiger partial charge on any atom is 0.499 e. The molecule has 15 nitrogen and oxygen atoms in total. The van der Waals surface area contributed by atoms with Crippen molar-refractivity contribution in [3.8, 4) is 11.5 Å². The second-order valence-corrected chi connectivity index (χ2v) is 15.2. The Balaban J connectivity index is 1.81. The fourth-order valence-electron chi connectivity index (χ4n) is 3.88. The molecule has 0 spiro atoms. The van der Waals surface area contributed by atoms with Crippen LogP contribution < -0.4 is 9.47 Å². The summed E-state index contributed by atoms with van der Waals surface area (Å²) >= 11 is 0. The lowest BCUT2D eigenvalue weighted by Crippen LogP contribution is -2.46. The van der Waals surface area contributed by atoms with Gasteiger partial charge in [-0.1, -0.05) is 20.8 Å². The number of benzene rings is 2. The first-order valence-corrected chi connectivity index (χ1v) is 18.3. The summed E-state index contributed by atoms with van der Waals surface area (Å²) in [5.41, 5.74) is -1.15. The van der Waals surface area contributed by atoms with E-state index in [0.717, 1.165) is 0 Å². The highest BCUT2D eigenvalue weighted by atomic mass is 28.4. The fraction of sp³-hybridized carbons (Fsp3) is 0.514. The van der Waals surface area contributed by atoms with E-state index in [2.05, 4.69) is 0 Å². The van der Waals surface area contributed by atoms with E-state index in [4.69, 9.17) is 41.7 Å². The molecule has 0 saturated heterocycles. The van der Waals surface area contributed by atoms with Gasteiger partial charge in [-0.15, -0.1) is 0 Å². The van der Waals surface area contributed by atoms with Crippen LogP contribution in [0.15, 0.2) is 48.5 Å². The van der Waals surface area contributed by atoms with Crippen LogP contribution in [-0.2, 0) is 46.6 Å². The topological polar surface area (TPSA) is 189 Å². The molecule has 1 N–H and O–H groups in total. The van der Waals surface area contributed by atoms with Gasteiger partial charge in [0.25, 0.3) is 0 Å². The van der Waals surface area contributed by atoms with Gasteiger partial charge in [0.05, 0.1) is 6.61 Å². The summed E-state index contributed by atoms with van der Waals surface area (Å²) in [5.74, 6) is -1.86. The van der Waals surface area contributed by atoms with E-state index in [1.165, 1.54) is 39.6 Å². The van der Waals surface area contributed by atoms with Gasteiger partial charge in [-0.2, -0.15) is 0 Å². The highest BCUT2D eigenvalue weighted by Gasteiger charge is 2.38. The molecule has 0 aliphatic heterocycles. The maximum atomic E-state index is 12.4. The summed E-state index contributed by atoms with van der Waals surface area (Å²) in [6, 6.07) is 12.7. The molecular weight excluding hydrogens is 688 g/mol. The van der Waals surface area contributed by atoms with Crippen molar-refractivity contribution < 1.29 is 70.8 Å². The van der Waals surface area contributed by atoms with Crippen LogP contribution in [0.4, 0.5) is 0 Å². The first-order chi connectivity index (χ1) is 23.9. The second-order valence-electron chi connectivity index (χ2n) is 12.6. The van der Waals surface area contributed by atoms with E-state index in [9.17, 15) is 29.1 Å². The fourth-order valence-corrected chi connectivity index (χ4v) is 5.27. The van der Waals surface area contributed by atoms with Gasteiger partial charge >= 0.3 is 26.7 Å². The lowest BCUT2D eigenvalue weighted by molar-refractivity contribution is -0.152. The molecule has 0 heterocycles. The van der Waals surface area contributed by atoms with Crippen LogP contribution in [0.3, 0.4) is 0 Å². The number of hydrogen-bond donors (Lipinski definition) is 1. The van der Waals surface area contributed by atoms with Crippen LogP contribution in [0.1, 0.15) is 55.3 Å². The van der Waals surface area contributed by atoms with Crippen LogP contribution in [-0.4, -0.2) is 116 Å². The number of carbonyl (C=O) groups excluding carboxylic acids is 5. The lowest BCUT2D eigenvalue weighted by Gasteiger charge is -2.25. The number of ether oxygens (including phenoxy) is 6. The van der Waals surface area contributed by atoms with Crippen molar-refractivity contribution in [3.05, 3.63) is 59.7 Å². The molecule has 0 fully saturated rings. The molecule has 51 heavy (non-hydrogen) atoms. The Morgan fingerprint density at radius 2 is 0.922 bits per heavy atom. The van der Waals surface area contributed by atoms with E-state index in [0.29, 0.717) is 22.6 Å². The molecule has 2 rings (SSSR count).